The second kappa shape index (κ2) is 8.83. The zero-order valence-corrected chi connectivity index (χ0v) is 19.6. The van der Waals surface area contributed by atoms with Gasteiger partial charge in [0, 0.05) is 18.4 Å². The minimum Gasteiger partial charge on any atom is -0.309 e. The molecule has 0 saturated carbocycles. The number of nitrogens with zero attached hydrogens (tertiary/aromatic N) is 3. The summed E-state index contributed by atoms with van der Waals surface area (Å²) in [7, 11) is 0.585. The van der Waals surface area contributed by atoms with Gasteiger partial charge in [-0.3, -0.25) is 9.69 Å². The molecule has 6 nitrogen and oxygen atoms in total. The molecule has 1 heterocycles. The molecule has 0 radical (unpaired) electrons. The van der Waals surface area contributed by atoms with E-state index in [1.807, 2.05) is 27.9 Å². The Balaban J connectivity index is 2.02. The van der Waals surface area contributed by atoms with E-state index < -0.39 is 9.84 Å². The molecule has 0 N–H and O–H groups in total. The Morgan fingerprint density at radius 1 is 1.10 bits per heavy atom. The van der Waals surface area contributed by atoms with Crippen LogP contribution in [-0.2, 0) is 9.84 Å². The number of amides is 1. The maximum absolute atomic E-state index is 13.4. The molecule has 0 atom stereocenters. The molecule has 0 aliphatic heterocycles. The fraction of sp³-hybridized carbons (Fsp3) is 0.364. The van der Waals surface area contributed by atoms with Gasteiger partial charge < -0.3 is 4.90 Å². The molecular formula is C22H27N3O3S2. The van der Waals surface area contributed by atoms with Crippen molar-refractivity contribution in [3.63, 3.8) is 0 Å². The van der Waals surface area contributed by atoms with E-state index in [1.54, 1.807) is 17.0 Å². The maximum Gasteiger partial charge on any atom is 0.260 e. The zero-order valence-electron chi connectivity index (χ0n) is 18.0. The van der Waals surface area contributed by atoms with Crippen LogP contribution in [0.5, 0.6) is 0 Å². The molecule has 2 aromatic carbocycles. The average Bonchev–Trinajstić information content (AvgIpc) is 3.08. The topological polar surface area (TPSA) is 70.6 Å². The molecule has 0 bridgehead atoms. The van der Waals surface area contributed by atoms with Gasteiger partial charge in [-0.2, -0.15) is 0 Å². The van der Waals surface area contributed by atoms with Gasteiger partial charge >= 0.3 is 0 Å². The second-order valence-electron chi connectivity index (χ2n) is 7.84. The third kappa shape index (κ3) is 5.06. The van der Waals surface area contributed by atoms with E-state index in [9.17, 15) is 13.2 Å². The fourth-order valence-electron chi connectivity index (χ4n) is 3.32. The summed E-state index contributed by atoms with van der Waals surface area (Å²) in [6.07, 6.45) is 1.92. The lowest BCUT2D eigenvalue weighted by Crippen LogP contribution is -2.33. The van der Waals surface area contributed by atoms with E-state index in [2.05, 4.69) is 17.0 Å². The van der Waals surface area contributed by atoms with Gasteiger partial charge in [-0.05, 0) is 76.3 Å². The molecule has 0 saturated heterocycles. The molecule has 30 heavy (non-hydrogen) atoms. The van der Waals surface area contributed by atoms with Crippen molar-refractivity contribution in [3.8, 4) is 0 Å². The number of aromatic nitrogens is 1. The summed E-state index contributed by atoms with van der Waals surface area (Å²) in [6, 6.07) is 10.4. The average molecular weight is 446 g/mol. The Bertz CT molecular complexity index is 1180. The van der Waals surface area contributed by atoms with Crippen LogP contribution in [0.4, 0.5) is 5.13 Å². The molecule has 8 heteroatoms. The van der Waals surface area contributed by atoms with E-state index in [0.717, 1.165) is 40.6 Å². The number of carbonyl (C=O) groups excluding carboxylic acids is 1. The Morgan fingerprint density at radius 3 is 2.50 bits per heavy atom. The molecule has 3 rings (SSSR count). The van der Waals surface area contributed by atoms with Crippen LogP contribution in [0.3, 0.4) is 0 Å². The molecule has 3 aromatic rings. The van der Waals surface area contributed by atoms with E-state index in [0.29, 0.717) is 17.2 Å². The quantitative estimate of drug-likeness (QED) is 0.551. The Morgan fingerprint density at radius 2 is 1.83 bits per heavy atom. The molecule has 0 fully saturated rings. The number of thiazole rings is 1. The van der Waals surface area contributed by atoms with Gasteiger partial charge in [0.25, 0.3) is 5.91 Å². The van der Waals surface area contributed by atoms with E-state index in [-0.39, 0.29) is 10.8 Å². The third-order valence-corrected chi connectivity index (χ3v) is 6.93. The van der Waals surface area contributed by atoms with Gasteiger partial charge in [0.05, 0.1) is 15.1 Å². The number of aryl methyl sites for hydroxylation is 2. The Labute approximate surface area is 182 Å². The summed E-state index contributed by atoms with van der Waals surface area (Å²) in [4.78, 5) is 22.0. The van der Waals surface area contributed by atoms with Crippen molar-refractivity contribution in [2.24, 2.45) is 0 Å². The Kier molecular flexibility index (Phi) is 6.59. The highest BCUT2D eigenvalue weighted by Crippen LogP contribution is 2.32. The normalized spacial score (nSPS) is 11.9. The van der Waals surface area contributed by atoms with Crippen molar-refractivity contribution in [1.29, 1.82) is 0 Å². The van der Waals surface area contributed by atoms with Crippen LogP contribution in [0.25, 0.3) is 10.2 Å². The largest absolute Gasteiger partial charge is 0.309 e. The predicted molar refractivity (Wildman–Crippen MR) is 123 cm³/mol. The van der Waals surface area contributed by atoms with Crippen LogP contribution in [0.2, 0.25) is 0 Å². The first-order chi connectivity index (χ1) is 14.1. The first-order valence-corrected chi connectivity index (χ1v) is 12.4. The number of anilines is 1. The summed E-state index contributed by atoms with van der Waals surface area (Å²) in [5.41, 5.74) is 3.47. The highest BCUT2D eigenvalue weighted by molar-refractivity contribution is 7.90. The van der Waals surface area contributed by atoms with E-state index in [4.69, 9.17) is 4.98 Å². The van der Waals surface area contributed by atoms with Crippen LogP contribution in [0.15, 0.2) is 41.3 Å². The number of fused-ring (bicyclic) bond motifs is 1. The first kappa shape index (κ1) is 22.4. The van der Waals surface area contributed by atoms with E-state index >= 15 is 0 Å². The van der Waals surface area contributed by atoms with Crippen molar-refractivity contribution in [2.45, 2.75) is 25.2 Å². The molecule has 0 aliphatic rings. The minimum atomic E-state index is -3.40. The number of sulfone groups is 1. The lowest BCUT2D eigenvalue weighted by Gasteiger charge is -2.21. The standard InChI is InChI=1S/C22H27N3O3S2/c1-15-12-16(2)20-19(13-15)29-22(23-20)25(11-7-10-24(3)4)21(26)17-8-6-9-18(14-17)30(5,27)28/h6,8-9,12-14H,7,10-11H2,1-5H3. The van der Waals surface area contributed by atoms with Crippen LogP contribution in [-0.4, -0.2) is 57.6 Å². The lowest BCUT2D eigenvalue weighted by molar-refractivity contribution is 0.0986. The number of rotatable bonds is 7. The summed E-state index contributed by atoms with van der Waals surface area (Å²) >= 11 is 1.49. The summed E-state index contributed by atoms with van der Waals surface area (Å²) in [5, 5.41) is 0.632. The SMILES string of the molecule is Cc1cc(C)c2nc(N(CCCN(C)C)C(=O)c3cccc(S(C)(=O)=O)c3)sc2c1. The van der Waals surface area contributed by atoms with Crippen molar-refractivity contribution in [2.75, 3.05) is 38.3 Å². The van der Waals surface area contributed by atoms with Crippen molar-refractivity contribution in [3.05, 3.63) is 53.1 Å². The minimum absolute atomic E-state index is 0.136. The van der Waals surface area contributed by atoms with E-state index in [1.165, 1.54) is 23.5 Å². The first-order valence-electron chi connectivity index (χ1n) is 9.71. The van der Waals surface area contributed by atoms with Crippen LogP contribution < -0.4 is 4.90 Å². The molecule has 0 aliphatic carbocycles. The number of hydrogen-bond acceptors (Lipinski definition) is 6. The predicted octanol–water partition coefficient (Wildman–Crippen LogP) is 3.92. The van der Waals surface area contributed by atoms with Gasteiger partial charge in [-0.25, -0.2) is 13.4 Å². The molecule has 160 valence electrons. The number of carbonyl (C=O) groups is 1. The van der Waals surface area contributed by atoms with Crippen molar-refractivity contribution in [1.82, 2.24) is 9.88 Å². The highest BCUT2D eigenvalue weighted by atomic mass is 32.2. The van der Waals surface area contributed by atoms with Crippen LogP contribution >= 0.6 is 11.3 Å². The van der Waals surface area contributed by atoms with Gasteiger partial charge in [0.2, 0.25) is 0 Å². The third-order valence-electron chi connectivity index (χ3n) is 4.79. The smallest absolute Gasteiger partial charge is 0.260 e. The molecule has 1 amide bonds. The Hall–Kier alpha value is -2.29. The van der Waals surface area contributed by atoms with Crippen LogP contribution in [0, 0.1) is 13.8 Å². The molecule has 0 spiro atoms. The fourth-order valence-corrected chi connectivity index (χ4v) is 5.15. The van der Waals surface area contributed by atoms with Gasteiger partial charge in [-0.1, -0.05) is 23.5 Å². The maximum atomic E-state index is 13.4. The summed E-state index contributed by atoms with van der Waals surface area (Å²) < 4.78 is 24.9. The summed E-state index contributed by atoms with van der Waals surface area (Å²) in [6.45, 7) is 5.39. The molecular weight excluding hydrogens is 418 g/mol. The highest BCUT2D eigenvalue weighted by Gasteiger charge is 2.23. The zero-order chi connectivity index (χ0) is 22.1. The van der Waals surface area contributed by atoms with Gasteiger partial charge in [0.1, 0.15) is 0 Å². The van der Waals surface area contributed by atoms with Crippen molar-refractivity contribution >= 4 is 42.4 Å². The summed E-state index contributed by atoms with van der Waals surface area (Å²) in [5.74, 6) is -0.243. The van der Waals surface area contributed by atoms with Crippen LogP contribution in [0.1, 0.15) is 27.9 Å². The monoisotopic (exact) mass is 445 g/mol. The number of hydrogen-bond donors (Lipinski definition) is 0. The number of benzene rings is 2. The van der Waals surface area contributed by atoms with Gasteiger partial charge in [-0.15, -0.1) is 0 Å². The van der Waals surface area contributed by atoms with Crippen molar-refractivity contribution < 1.29 is 13.2 Å². The second-order valence-corrected chi connectivity index (χ2v) is 10.9. The lowest BCUT2D eigenvalue weighted by atomic mass is 10.1. The molecule has 1 aromatic heterocycles. The molecule has 0 unspecified atom stereocenters. The van der Waals surface area contributed by atoms with Gasteiger partial charge in [0.15, 0.2) is 15.0 Å².